The normalized spacial score (nSPS) is 11.1. The van der Waals surface area contributed by atoms with Crippen LogP contribution in [0.4, 0.5) is 87.8 Å². The molecule has 27 heteroatoms. The summed E-state index contributed by atoms with van der Waals surface area (Å²) < 4.78 is 289. The second-order valence-electron chi connectivity index (χ2n) is 22.5. The number of hydrogen-bond donors (Lipinski definition) is 0. The lowest BCUT2D eigenvalue weighted by molar-refractivity contribution is 0.358. The van der Waals surface area contributed by atoms with Gasteiger partial charge in [0.15, 0.2) is 157 Å². The summed E-state index contributed by atoms with van der Waals surface area (Å²) in [7, 11) is -1.23. The Labute approximate surface area is 606 Å². The lowest BCUT2D eigenvalue weighted by Crippen LogP contribution is -2.09. The predicted octanol–water partition coefficient (Wildman–Crippen LogP) is 23.2. The van der Waals surface area contributed by atoms with E-state index in [0.29, 0.717) is 57.7 Å². The van der Waals surface area contributed by atoms with E-state index >= 15 is 0 Å². The van der Waals surface area contributed by atoms with E-state index in [-0.39, 0.29) is 41.0 Å². The van der Waals surface area contributed by atoms with Crippen LogP contribution in [-0.2, 0) is 43.6 Å². The van der Waals surface area contributed by atoms with Crippen LogP contribution in [0.15, 0.2) is 259 Å². The van der Waals surface area contributed by atoms with Crippen LogP contribution in [0.3, 0.4) is 0 Å². The molecule has 0 aromatic heterocycles. The van der Waals surface area contributed by atoms with E-state index in [1.54, 1.807) is 76.2 Å². The molecule has 0 amide bonds. The van der Waals surface area contributed by atoms with Crippen LogP contribution in [0.5, 0.6) is 17.2 Å². The fourth-order valence-electron chi connectivity index (χ4n) is 10.4. The predicted molar refractivity (Wildman–Crippen MR) is 364 cm³/mol. The van der Waals surface area contributed by atoms with Gasteiger partial charge in [0.05, 0.1) is 64.9 Å². The molecule has 12 aromatic rings. The quantitative estimate of drug-likeness (QED) is 0.0756. The fourth-order valence-corrected chi connectivity index (χ4v) is 19.2. The lowest BCUT2D eigenvalue weighted by Gasteiger charge is -2.13. The molecule has 548 valence electrons. The standard InChI is InChI=1S/C23H21F4OS.C19H11F6OS.C19H13F4OS.C18H9F6S/c1-12-6-16(7-13(2)21(12)26)29(17-8-14(3)22(27)15(4)9-17)18-10-19(24)23(28-5)20(25)11-18;1-26-19-17(24)8-12(9-18(19)25)27(10-2-4-13(20)15(22)6-10)11-3-5-14(21)16(23)7-11;1-24-19-17(22)10-16(11-18(19)23)25(14-6-2-12(20)3-7-14)15-8-4-13(21)5-9-15;19-10-5-11(20)7-14(6-10)25(12-1-3-15(21)17(23)8-12)13-2-4-16(22)18(24)9-13/h6-11H,1-5H3;2-9H,1H3;2-11H,1H3;1-9H/q4*+1. The van der Waals surface area contributed by atoms with Gasteiger partial charge in [-0.15, -0.1) is 0 Å². The summed E-state index contributed by atoms with van der Waals surface area (Å²) >= 11 is 0. The first-order valence-electron chi connectivity index (χ1n) is 30.7. The van der Waals surface area contributed by atoms with Gasteiger partial charge in [-0.1, -0.05) is 0 Å². The van der Waals surface area contributed by atoms with Crippen LogP contribution in [0.2, 0.25) is 0 Å². The zero-order valence-electron chi connectivity index (χ0n) is 56.0. The molecule has 0 aliphatic rings. The Morgan fingerprint density at radius 1 is 0.179 bits per heavy atom. The van der Waals surface area contributed by atoms with Crippen LogP contribution in [0.1, 0.15) is 22.3 Å². The van der Waals surface area contributed by atoms with E-state index in [1.807, 2.05) is 0 Å². The van der Waals surface area contributed by atoms with Gasteiger partial charge in [-0.25, -0.2) is 87.8 Å². The summed E-state index contributed by atoms with van der Waals surface area (Å²) in [4.78, 5) is 4.06. The Morgan fingerprint density at radius 2 is 0.368 bits per heavy atom. The van der Waals surface area contributed by atoms with Gasteiger partial charge in [-0.3, -0.25) is 0 Å². The van der Waals surface area contributed by atoms with Crippen LogP contribution >= 0.6 is 0 Å². The molecule has 0 N–H and O–H groups in total. The van der Waals surface area contributed by atoms with Crippen molar-refractivity contribution in [3.63, 3.8) is 0 Å². The third-order valence-corrected chi connectivity index (χ3v) is 23.8. The van der Waals surface area contributed by atoms with Crippen molar-refractivity contribution in [2.24, 2.45) is 0 Å². The highest BCUT2D eigenvalue weighted by molar-refractivity contribution is 7.98. The highest BCUT2D eigenvalue weighted by atomic mass is 32.2. The zero-order valence-corrected chi connectivity index (χ0v) is 59.2. The molecular formula is C79H54F20O3S4+4. The van der Waals surface area contributed by atoms with Crippen LogP contribution in [-0.4, -0.2) is 21.3 Å². The van der Waals surface area contributed by atoms with Crippen molar-refractivity contribution in [1.82, 2.24) is 0 Å². The maximum absolute atomic E-state index is 14.5. The number of ether oxygens (including phenoxy) is 3. The van der Waals surface area contributed by atoms with Gasteiger partial charge in [-0.2, -0.15) is 0 Å². The number of methoxy groups -OCH3 is 3. The molecule has 0 saturated heterocycles. The second-order valence-corrected chi connectivity index (χ2v) is 30.7. The van der Waals surface area contributed by atoms with Crippen molar-refractivity contribution in [1.29, 1.82) is 0 Å². The number of hydrogen-bond acceptors (Lipinski definition) is 3. The van der Waals surface area contributed by atoms with Gasteiger partial charge < -0.3 is 14.2 Å². The van der Waals surface area contributed by atoms with Crippen molar-refractivity contribution in [2.75, 3.05) is 21.3 Å². The van der Waals surface area contributed by atoms with E-state index in [2.05, 4.69) is 4.74 Å². The highest BCUT2D eigenvalue weighted by Gasteiger charge is 2.38. The summed E-state index contributed by atoms with van der Waals surface area (Å²) in [6.45, 7) is 6.57. The first-order valence-corrected chi connectivity index (χ1v) is 35.6. The number of halogens is 20. The molecule has 0 atom stereocenters. The minimum absolute atomic E-state index is 0.0165. The molecule has 0 bridgehead atoms. The molecule has 0 fully saturated rings. The molecule has 12 rings (SSSR count). The summed E-state index contributed by atoms with van der Waals surface area (Å²) in [5.41, 5.74) is 1.73. The molecule has 0 aliphatic heterocycles. The smallest absolute Gasteiger partial charge is 0.190 e. The molecule has 0 radical (unpaired) electrons. The Bertz CT molecular complexity index is 4860. The monoisotopic (exact) mass is 1560 g/mol. The molecular weight excluding hydrogens is 1510 g/mol. The molecule has 0 saturated carbocycles. The zero-order chi connectivity index (χ0) is 77.3. The van der Waals surface area contributed by atoms with Crippen molar-refractivity contribution >= 4 is 43.6 Å². The van der Waals surface area contributed by atoms with Gasteiger partial charge in [0.2, 0.25) is 0 Å². The topological polar surface area (TPSA) is 27.7 Å². The van der Waals surface area contributed by atoms with Gasteiger partial charge >= 0.3 is 0 Å². The average Bonchev–Trinajstić information content (AvgIpc) is 0.787. The first kappa shape index (κ1) is 80.1. The number of rotatable bonds is 15. The molecule has 3 nitrogen and oxygen atoms in total. The molecule has 12 aromatic carbocycles. The Balaban J connectivity index is 0.000000164. The van der Waals surface area contributed by atoms with Gasteiger partial charge in [0, 0.05) is 78.9 Å². The molecule has 0 unspecified atom stereocenters. The average molecular weight is 1560 g/mol. The first-order chi connectivity index (χ1) is 50.3. The van der Waals surface area contributed by atoms with Crippen molar-refractivity contribution in [2.45, 2.75) is 86.4 Å². The van der Waals surface area contributed by atoms with Gasteiger partial charge in [-0.05, 0) is 171 Å². The second kappa shape index (κ2) is 35.0. The van der Waals surface area contributed by atoms with Crippen LogP contribution in [0, 0.1) is 144 Å². The maximum atomic E-state index is 14.5. The molecule has 0 heterocycles. The molecule has 106 heavy (non-hydrogen) atoms. The van der Waals surface area contributed by atoms with Gasteiger partial charge in [0.25, 0.3) is 0 Å². The van der Waals surface area contributed by atoms with E-state index in [1.165, 1.54) is 87.0 Å². The number of aryl methyl sites for hydroxylation is 4. The van der Waals surface area contributed by atoms with Crippen molar-refractivity contribution in [3.8, 4) is 17.2 Å². The Hall–Kier alpha value is -9.96. The van der Waals surface area contributed by atoms with Crippen molar-refractivity contribution < 1.29 is 102 Å². The Morgan fingerprint density at radius 3 is 0.594 bits per heavy atom. The minimum atomic E-state index is -1.43. The fraction of sp³-hybridized carbons (Fsp3) is 0.0886. The number of benzene rings is 12. The third kappa shape index (κ3) is 18.8. The lowest BCUT2D eigenvalue weighted by atomic mass is 10.1. The van der Waals surface area contributed by atoms with E-state index in [9.17, 15) is 87.8 Å². The third-order valence-electron chi connectivity index (χ3n) is 15.2. The molecule has 0 spiro atoms. The van der Waals surface area contributed by atoms with E-state index in [0.717, 1.165) is 79.9 Å². The highest BCUT2D eigenvalue weighted by Crippen LogP contribution is 2.41. The summed E-state index contributed by atoms with van der Waals surface area (Å²) in [6, 6.07) is 39.0. The van der Waals surface area contributed by atoms with E-state index in [4.69, 9.17) is 9.47 Å². The van der Waals surface area contributed by atoms with E-state index < -0.39 is 166 Å². The van der Waals surface area contributed by atoms with Gasteiger partial charge in [0.1, 0.15) is 34.9 Å². The SMILES string of the molecule is COc1c(F)cc([S+](c2cc(C)c(F)c(C)c2)c2cc(C)c(F)c(C)c2)cc1F.COc1c(F)cc([S+](c2ccc(F)c(F)c2)c2ccc(F)c(F)c2)cc1F.COc1c(F)cc([S+](c2ccc(F)cc2)c2ccc(F)cc2)cc1F.Fc1cc(F)cc([S+](c2ccc(F)c(F)c2)c2ccc(F)c(F)c2)c1. The largest absolute Gasteiger partial charge is 0.491 e. The maximum Gasteiger partial charge on any atom is 0.190 e. The van der Waals surface area contributed by atoms with Crippen LogP contribution < -0.4 is 14.2 Å². The minimum Gasteiger partial charge on any atom is -0.491 e. The van der Waals surface area contributed by atoms with Crippen LogP contribution in [0.25, 0.3) is 0 Å². The molecule has 0 aliphatic carbocycles. The van der Waals surface area contributed by atoms with Crippen molar-refractivity contribution in [3.05, 3.63) is 339 Å². The summed E-state index contributed by atoms with van der Waals surface area (Å²) in [6.07, 6.45) is 0. The Kier molecular flexibility index (Phi) is 26.4. The summed E-state index contributed by atoms with van der Waals surface area (Å²) in [5, 5.41) is 0. The summed E-state index contributed by atoms with van der Waals surface area (Å²) in [5.74, 6) is -19.2.